The van der Waals surface area contributed by atoms with E-state index in [2.05, 4.69) is 5.10 Å². The average Bonchev–Trinajstić information content (AvgIpc) is 2.74. The number of amides is 1. The Hall–Kier alpha value is -3.19. The number of benzene rings is 2. The third-order valence-corrected chi connectivity index (χ3v) is 4.62. The molecular formula is C21H22N2O5. The number of ether oxygens (including phenoxy) is 2. The first kappa shape index (κ1) is 19.6. The second kappa shape index (κ2) is 8.67. The number of rotatable bonds is 5. The Morgan fingerprint density at radius 2 is 1.89 bits per heavy atom. The molecular weight excluding hydrogens is 360 g/mol. The van der Waals surface area contributed by atoms with Gasteiger partial charge in [0.15, 0.2) is 0 Å². The number of hydrogen-bond donors (Lipinski definition) is 1. The van der Waals surface area contributed by atoms with Gasteiger partial charge in [0.05, 0.1) is 38.5 Å². The fraction of sp³-hybridized carbons (Fsp3) is 0.286. The summed E-state index contributed by atoms with van der Waals surface area (Å²) in [5.74, 6) is -0.268. The van der Waals surface area contributed by atoms with E-state index < -0.39 is 24.0 Å². The molecule has 1 heterocycles. The Bertz CT molecular complexity index is 881. The van der Waals surface area contributed by atoms with Crippen molar-refractivity contribution in [3.05, 3.63) is 65.7 Å². The lowest BCUT2D eigenvalue weighted by Crippen LogP contribution is -2.50. The van der Waals surface area contributed by atoms with Gasteiger partial charge in [-0.3, -0.25) is 9.59 Å². The van der Waals surface area contributed by atoms with Crippen LogP contribution in [0.5, 0.6) is 5.75 Å². The van der Waals surface area contributed by atoms with E-state index in [4.69, 9.17) is 9.47 Å². The van der Waals surface area contributed by atoms with E-state index in [0.29, 0.717) is 17.0 Å². The standard InChI is InChI=1S/C21H22N2O5/c1-27-16-10-6-9-15(11-16)17-12-19(24)18(13-20(25)28-2)23(22-17)21(26)14-7-4-3-5-8-14/h3-11,18-19,24H,12-13H2,1-2H3/t18-,19-/m1/s1. The smallest absolute Gasteiger partial charge is 0.307 e. The Balaban J connectivity index is 2.01. The number of hydrogen-bond acceptors (Lipinski definition) is 6. The lowest BCUT2D eigenvalue weighted by Gasteiger charge is -2.35. The van der Waals surface area contributed by atoms with Crippen LogP contribution in [0.2, 0.25) is 0 Å². The van der Waals surface area contributed by atoms with E-state index >= 15 is 0 Å². The molecule has 3 rings (SSSR count). The van der Waals surface area contributed by atoms with Gasteiger partial charge in [0, 0.05) is 17.5 Å². The van der Waals surface area contributed by atoms with Crippen molar-refractivity contribution in [1.82, 2.24) is 5.01 Å². The number of esters is 1. The number of methoxy groups -OCH3 is 2. The molecule has 0 aromatic heterocycles. The molecule has 28 heavy (non-hydrogen) atoms. The molecule has 2 atom stereocenters. The number of hydrazone groups is 1. The highest BCUT2D eigenvalue weighted by molar-refractivity contribution is 6.04. The molecule has 1 aliphatic rings. The van der Waals surface area contributed by atoms with Gasteiger partial charge in [-0.05, 0) is 24.3 Å². The van der Waals surface area contributed by atoms with Crippen LogP contribution in [-0.4, -0.2) is 54.1 Å². The summed E-state index contributed by atoms with van der Waals surface area (Å²) >= 11 is 0. The molecule has 1 amide bonds. The molecule has 146 valence electrons. The molecule has 0 aliphatic carbocycles. The van der Waals surface area contributed by atoms with Gasteiger partial charge in [-0.25, -0.2) is 5.01 Å². The third kappa shape index (κ3) is 4.20. The van der Waals surface area contributed by atoms with Crippen LogP contribution in [0, 0.1) is 0 Å². The van der Waals surface area contributed by atoms with Gasteiger partial charge in [0.1, 0.15) is 5.75 Å². The SMILES string of the molecule is COC(=O)C[C@@H]1[C@H](O)CC(c2cccc(OC)c2)=NN1C(=O)c1ccccc1. The lowest BCUT2D eigenvalue weighted by atomic mass is 9.95. The number of aliphatic hydroxyl groups excluding tert-OH is 1. The van der Waals surface area contributed by atoms with Crippen molar-refractivity contribution in [2.75, 3.05) is 14.2 Å². The predicted molar refractivity (Wildman–Crippen MR) is 103 cm³/mol. The van der Waals surface area contributed by atoms with E-state index in [0.717, 1.165) is 5.56 Å². The maximum Gasteiger partial charge on any atom is 0.307 e. The van der Waals surface area contributed by atoms with E-state index in [-0.39, 0.29) is 12.8 Å². The molecule has 2 aromatic rings. The van der Waals surface area contributed by atoms with E-state index in [1.165, 1.54) is 12.1 Å². The number of carbonyl (C=O) groups is 2. The zero-order valence-electron chi connectivity index (χ0n) is 15.7. The van der Waals surface area contributed by atoms with Gasteiger partial charge in [-0.1, -0.05) is 30.3 Å². The Morgan fingerprint density at radius 3 is 2.57 bits per heavy atom. The summed E-state index contributed by atoms with van der Waals surface area (Å²) < 4.78 is 9.97. The Labute approximate surface area is 163 Å². The van der Waals surface area contributed by atoms with Crippen molar-refractivity contribution in [3.8, 4) is 5.75 Å². The molecule has 7 nitrogen and oxygen atoms in total. The van der Waals surface area contributed by atoms with Crippen LogP contribution in [0.25, 0.3) is 0 Å². The second-order valence-corrected chi connectivity index (χ2v) is 6.41. The average molecular weight is 382 g/mol. The number of aliphatic hydroxyl groups is 1. The molecule has 1 N–H and O–H groups in total. The normalized spacial score (nSPS) is 19.0. The van der Waals surface area contributed by atoms with Crippen LogP contribution >= 0.6 is 0 Å². The van der Waals surface area contributed by atoms with Crippen molar-refractivity contribution < 1.29 is 24.2 Å². The monoisotopic (exact) mass is 382 g/mol. The summed E-state index contributed by atoms with van der Waals surface area (Å²) in [6.07, 6.45) is -0.913. The van der Waals surface area contributed by atoms with Crippen molar-refractivity contribution in [2.45, 2.75) is 25.0 Å². The minimum absolute atomic E-state index is 0.148. The zero-order chi connectivity index (χ0) is 20.1. The molecule has 0 saturated carbocycles. The minimum atomic E-state index is -0.967. The van der Waals surface area contributed by atoms with Crippen LogP contribution in [0.1, 0.15) is 28.8 Å². The minimum Gasteiger partial charge on any atom is -0.497 e. The highest BCUT2D eigenvalue weighted by atomic mass is 16.5. The van der Waals surface area contributed by atoms with E-state index in [1.54, 1.807) is 49.6 Å². The van der Waals surface area contributed by atoms with Gasteiger partial charge < -0.3 is 14.6 Å². The highest BCUT2D eigenvalue weighted by Crippen LogP contribution is 2.26. The van der Waals surface area contributed by atoms with E-state index in [9.17, 15) is 14.7 Å². The molecule has 0 saturated heterocycles. The van der Waals surface area contributed by atoms with Gasteiger partial charge in [0.2, 0.25) is 0 Å². The predicted octanol–water partition coefficient (Wildman–Crippen LogP) is 2.24. The second-order valence-electron chi connectivity index (χ2n) is 6.41. The van der Waals surface area contributed by atoms with Crippen LogP contribution in [0.4, 0.5) is 0 Å². The quantitative estimate of drug-likeness (QED) is 0.801. The molecule has 0 spiro atoms. The van der Waals surface area contributed by atoms with Crippen molar-refractivity contribution in [3.63, 3.8) is 0 Å². The van der Waals surface area contributed by atoms with E-state index in [1.807, 2.05) is 12.1 Å². The zero-order valence-corrected chi connectivity index (χ0v) is 15.7. The summed E-state index contributed by atoms with van der Waals surface area (Å²) in [5.41, 5.74) is 1.69. The summed E-state index contributed by atoms with van der Waals surface area (Å²) in [5, 5.41) is 16.4. The van der Waals surface area contributed by atoms with Crippen molar-refractivity contribution in [1.29, 1.82) is 0 Å². The Kier molecular flexibility index (Phi) is 6.06. The fourth-order valence-corrected chi connectivity index (χ4v) is 3.11. The molecule has 1 aliphatic heterocycles. The summed E-state index contributed by atoms with van der Waals surface area (Å²) in [4.78, 5) is 24.9. The Morgan fingerprint density at radius 1 is 1.14 bits per heavy atom. The first-order valence-electron chi connectivity index (χ1n) is 8.89. The van der Waals surface area contributed by atoms with Gasteiger partial charge in [-0.2, -0.15) is 5.10 Å². The maximum atomic E-state index is 13.1. The van der Waals surface area contributed by atoms with Crippen LogP contribution < -0.4 is 4.74 Å². The largest absolute Gasteiger partial charge is 0.497 e. The first-order chi connectivity index (χ1) is 13.5. The highest BCUT2D eigenvalue weighted by Gasteiger charge is 2.37. The van der Waals surface area contributed by atoms with Gasteiger partial charge in [0.25, 0.3) is 5.91 Å². The molecule has 0 radical (unpaired) electrons. The van der Waals surface area contributed by atoms with Crippen LogP contribution in [-0.2, 0) is 9.53 Å². The third-order valence-electron chi connectivity index (χ3n) is 4.62. The lowest BCUT2D eigenvalue weighted by molar-refractivity contribution is -0.143. The topological polar surface area (TPSA) is 88.4 Å². The van der Waals surface area contributed by atoms with Gasteiger partial charge in [-0.15, -0.1) is 0 Å². The molecule has 2 aromatic carbocycles. The van der Waals surface area contributed by atoms with Crippen molar-refractivity contribution >= 4 is 17.6 Å². The number of carbonyl (C=O) groups excluding carboxylic acids is 2. The van der Waals surface area contributed by atoms with Crippen LogP contribution in [0.3, 0.4) is 0 Å². The molecule has 7 heteroatoms. The van der Waals surface area contributed by atoms with Crippen molar-refractivity contribution in [2.24, 2.45) is 5.10 Å². The fourth-order valence-electron chi connectivity index (χ4n) is 3.11. The molecule has 0 unspecified atom stereocenters. The van der Waals surface area contributed by atoms with Crippen LogP contribution in [0.15, 0.2) is 59.7 Å². The molecule has 0 fully saturated rings. The number of nitrogens with zero attached hydrogens (tertiary/aromatic N) is 2. The summed E-state index contributed by atoms with van der Waals surface area (Å²) in [7, 11) is 2.83. The summed E-state index contributed by atoms with van der Waals surface area (Å²) in [6, 6.07) is 15.1. The maximum absolute atomic E-state index is 13.1. The molecule has 0 bridgehead atoms. The first-order valence-corrected chi connectivity index (χ1v) is 8.89. The summed E-state index contributed by atoms with van der Waals surface area (Å²) in [6.45, 7) is 0. The van der Waals surface area contributed by atoms with Gasteiger partial charge >= 0.3 is 5.97 Å².